The summed E-state index contributed by atoms with van der Waals surface area (Å²) in [6.07, 6.45) is 1.24. The van der Waals surface area contributed by atoms with Gasteiger partial charge in [-0.3, -0.25) is 4.90 Å². The molecule has 0 radical (unpaired) electrons. The molecule has 18 heavy (non-hydrogen) atoms. The molecule has 100 valence electrons. The molecule has 0 bridgehead atoms. The SMILES string of the molecule is CCNC1CCN(Cc2ccccc2Cl)CC1C. The summed E-state index contributed by atoms with van der Waals surface area (Å²) in [6.45, 7) is 8.88. The number of halogens is 1. The normalized spacial score (nSPS) is 25.3. The third-order valence-corrected chi connectivity index (χ3v) is 4.18. The monoisotopic (exact) mass is 266 g/mol. The standard InChI is InChI=1S/C15H23ClN2/c1-3-17-15-8-9-18(10-12(15)2)11-13-6-4-5-7-14(13)16/h4-7,12,15,17H,3,8-11H2,1-2H3. The van der Waals surface area contributed by atoms with Crippen LogP contribution >= 0.6 is 11.6 Å². The van der Waals surface area contributed by atoms with Gasteiger partial charge in [0.1, 0.15) is 0 Å². The zero-order valence-corrected chi connectivity index (χ0v) is 12.1. The Morgan fingerprint density at radius 3 is 2.83 bits per heavy atom. The minimum Gasteiger partial charge on any atom is -0.314 e. The van der Waals surface area contributed by atoms with E-state index in [-0.39, 0.29) is 0 Å². The van der Waals surface area contributed by atoms with Crippen LogP contribution < -0.4 is 5.32 Å². The van der Waals surface area contributed by atoms with Crippen LogP contribution in [-0.4, -0.2) is 30.6 Å². The average Bonchev–Trinajstić information content (AvgIpc) is 2.36. The van der Waals surface area contributed by atoms with E-state index < -0.39 is 0 Å². The highest BCUT2D eigenvalue weighted by Gasteiger charge is 2.25. The summed E-state index contributed by atoms with van der Waals surface area (Å²) < 4.78 is 0. The van der Waals surface area contributed by atoms with Gasteiger partial charge in [0.2, 0.25) is 0 Å². The first kappa shape index (κ1) is 13.9. The fourth-order valence-corrected chi connectivity index (χ4v) is 3.00. The van der Waals surface area contributed by atoms with Crippen molar-refractivity contribution in [2.75, 3.05) is 19.6 Å². The first-order valence-electron chi connectivity index (χ1n) is 6.90. The molecule has 1 N–H and O–H groups in total. The zero-order valence-electron chi connectivity index (χ0n) is 11.3. The molecule has 1 heterocycles. The third-order valence-electron chi connectivity index (χ3n) is 3.81. The molecular weight excluding hydrogens is 244 g/mol. The molecule has 2 atom stereocenters. The second-order valence-corrected chi connectivity index (χ2v) is 5.66. The van der Waals surface area contributed by atoms with Crippen LogP contribution in [0.15, 0.2) is 24.3 Å². The number of nitrogens with one attached hydrogen (secondary N) is 1. The van der Waals surface area contributed by atoms with Gasteiger partial charge in [0.05, 0.1) is 0 Å². The summed E-state index contributed by atoms with van der Waals surface area (Å²) in [6, 6.07) is 8.84. The predicted molar refractivity (Wildman–Crippen MR) is 78.0 cm³/mol. The van der Waals surface area contributed by atoms with Crippen LogP contribution in [0.2, 0.25) is 5.02 Å². The Kier molecular flexibility index (Phi) is 5.04. The molecule has 0 amide bonds. The predicted octanol–water partition coefficient (Wildman–Crippen LogP) is 3.16. The van der Waals surface area contributed by atoms with Gasteiger partial charge in [-0.25, -0.2) is 0 Å². The van der Waals surface area contributed by atoms with Crippen LogP contribution in [0, 0.1) is 5.92 Å². The van der Waals surface area contributed by atoms with Crippen molar-refractivity contribution in [1.29, 1.82) is 0 Å². The third kappa shape index (κ3) is 3.47. The van der Waals surface area contributed by atoms with E-state index in [0.29, 0.717) is 12.0 Å². The topological polar surface area (TPSA) is 15.3 Å². The number of rotatable bonds is 4. The second kappa shape index (κ2) is 6.55. The van der Waals surface area contributed by atoms with Gasteiger partial charge in [-0.2, -0.15) is 0 Å². The maximum Gasteiger partial charge on any atom is 0.0451 e. The quantitative estimate of drug-likeness (QED) is 0.901. The Hall–Kier alpha value is -0.570. The minimum absolute atomic E-state index is 0.678. The molecule has 1 fully saturated rings. The molecule has 1 aromatic carbocycles. The number of likely N-dealkylation sites (tertiary alicyclic amines) is 1. The van der Waals surface area contributed by atoms with E-state index in [0.717, 1.165) is 31.2 Å². The second-order valence-electron chi connectivity index (χ2n) is 5.26. The van der Waals surface area contributed by atoms with Crippen LogP contribution in [0.4, 0.5) is 0 Å². The molecule has 0 aliphatic carbocycles. The van der Waals surface area contributed by atoms with Crippen molar-refractivity contribution < 1.29 is 0 Å². The first-order chi connectivity index (χ1) is 8.70. The van der Waals surface area contributed by atoms with Crippen molar-refractivity contribution in [1.82, 2.24) is 10.2 Å². The Morgan fingerprint density at radius 1 is 1.39 bits per heavy atom. The van der Waals surface area contributed by atoms with Gasteiger partial charge in [0, 0.05) is 24.2 Å². The van der Waals surface area contributed by atoms with Crippen LogP contribution in [-0.2, 0) is 6.54 Å². The highest BCUT2D eigenvalue weighted by molar-refractivity contribution is 6.31. The molecular formula is C15H23ClN2. The molecule has 0 saturated carbocycles. The Morgan fingerprint density at radius 2 is 2.17 bits per heavy atom. The molecule has 1 aliphatic rings. The number of hydrogen-bond acceptors (Lipinski definition) is 2. The summed E-state index contributed by atoms with van der Waals surface area (Å²) in [4.78, 5) is 2.51. The minimum atomic E-state index is 0.678. The highest BCUT2D eigenvalue weighted by Crippen LogP contribution is 2.22. The lowest BCUT2D eigenvalue weighted by Crippen LogP contribution is -2.47. The van der Waals surface area contributed by atoms with Gasteiger partial charge in [0.25, 0.3) is 0 Å². The zero-order chi connectivity index (χ0) is 13.0. The highest BCUT2D eigenvalue weighted by atomic mass is 35.5. The maximum absolute atomic E-state index is 6.22. The van der Waals surface area contributed by atoms with E-state index >= 15 is 0 Å². The van der Waals surface area contributed by atoms with Gasteiger partial charge in [-0.1, -0.05) is 43.6 Å². The molecule has 1 aromatic rings. The van der Waals surface area contributed by atoms with Crippen molar-refractivity contribution in [2.45, 2.75) is 32.9 Å². The van der Waals surface area contributed by atoms with Gasteiger partial charge in [0.15, 0.2) is 0 Å². The van der Waals surface area contributed by atoms with Gasteiger partial charge in [-0.05, 0) is 37.1 Å². The van der Waals surface area contributed by atoms with Crippen molar-refractivity contribution in [2.24, 2.45) is 5.92 Å². The molecule has 0 aromatic heterocycles. The fourth-order valence-electron chi connectivity index (χ4n) is 2.81. The van der Waals surface area contributed by atoms with Crippen LogP contribution in [0.5, 0.6) is 0 Å². The molecule has 2 unspecified atom stereocenters. The molecule has 2 rings (SSSR count). The molecule has 2 nitrogen and oxygen atoms in total. The van der Waals surface area contributed by atoms with E-state index in [4.69, 9.17) is 11.6 Å². The Bertz CT molecular complexity index is 381. The summed E-state index contributed by atoms with van der Waals surface area (Å²) >= 11 is 6.22. The van der Waals surface area contributed by atoms with Gasteiger partial charge < -0.3 is 5.32 Å². The summed E-state index contributed by atoms with van der Waals surface area (Å²) in [5.41, 5.74) is 1.24. The van der Waals surface area contributed by atoms with E-state index in [1.807, 2.05) is 12.1 Å². The van der Waals surface area contributed by atoms with Crippen LogP contribution in [0.25, 0.3) is 0 Å². The van der Waals surface area contributed by atoms with E-state index in [2.05, 4.69) is 36.2 Å². The van der Waals surface area contributed by atoms with Crippen LogP contribution in [0.1, 0.15) is 25.8 Å². The fraction of sp³-hybridized carbons (Fsp3) is 0.600. The Labute approximate surface area is 115 Å². The van der Waals surface area contributed by atoms with Crippen molar-refractivity contribution in [3.05, 3.63) is 34.9 Å². The summed E-state index contributed by atoms with van der Waals surface area (Å²) in [5, 5.41) is 4.47. The van der Waals surface area contributed by atoms with Crippen molar-refractivity contribution >= 4 is 11.6 Å². The summed E-state index contributed by atoms with van der Waals surface area (Å²) in [5.74, 6) is 0.709. The smallest absolute Gasteiger partial charge is 0.0451 e. The first-order valence-corrected chi connectivity index (χ1v) is 7.27. The number of piperidine rings is 1. The molecule has 3 heteroatoms. The van der Waals surface area contributed by atoms with Crippen LogP contribution in [0.3, 0.4) is 0 Å². The lowest BCUT2D eigenvalue weighted by atomic mass is 9.93. The van der Waals surface area contributed by atoms with Gasteiger partial charge in [-0.15, -0.1) is 0 Å². The van der Waals surface area contributed by atoms with Crippen molar-refractivity contribution in [3.8, 4) is 0 Å². The number of nitrogens with zero attached hydrogens (tertiary/aromatic N) is 1. The average molecular weight is 267 g/mol. The number of benzene rings is 1. The Balaban J connectivity index is 1.91. The lowest BCUT2D eigenvalue weighted by molar-refractivity contribution is 0.142. The molecule has 1 saturated heterocycles. The maximum atomic E-state index is 6.22. The van der Waals surface area contributed by atoms with Crippen molar-refractivity contribution in [3.63, 3.8) is 0 Å². The largest absolute Gasteiger partial charge is 0.314 e. The van der Waals surface area contributed by atoms with Gasteiger partial charge >= 0.3 is 0 Å². The number of hydrogen-bond donors (Lipinski definition) is 1. The molecule has 0 spiro atoms. The van der Waals surface area contributed by atoms with E-state index in [1.54, 1.807) is 0 Å². The van der Waals surface area contributed by atoms with E-state index in [9.17, 15) is 0 Å². The van der Waals surface area contributed by atoms with E-state index in [1.165, 1.54) is 12.0 Å². The molecule has 1 aliphatic heterocycles. The lowest BCUT2D eigenvalue weighted by Gasteiger charge is -2.37. The summed E-state index contributed by atoms with van der Waals surface area (Å²) in [7, 11) is 0.